The summed E-state index contributed by atoms with van der Waals surface area (Å²) in [7, 11) is 0. The van der Waals surface area contributed by atoms with Gasteiger partial charge in [0.15, 0.2) is 12.2 Å². The van der Waals surface area contributed by atoms with Crippen molar-refractivity contribution in [3.63, 3.8) is 0 Å². The minimum atomic E-state index is -0.688. The number of ether oxygens (including phenoxy) is 6. The molecule has 0 radical (unpaired) electrons. The molecule has 0 heterocycles. The van der Waals surface area contributed by atoms with Crippen molar-refractivity contribution in [1.82, 2.24) is 0 Å². The highest BCUT2D eigenvalue weighted by molar-refractivity contribution is 6.11. The molecule has 0 saturated heterocycles. The number of carbonyl (C=O) groups is 2. The highest BCUT2D eigenvalue weighted by atomic mass is 16.6. The Kier molecular flexibility index (Phi) is 17.6. The van der Waals surface area contributed by atoms with Crippen LogP contribution in [0.3, 0.4) is 0 Å². The molecule has 66 heavy (non-hydrogen) atoms. The van der Waals surface area contributed by atoms with Crippen molar-refractivity contribution in [3.8, 4) is 23.0 Å². The predicted octanol–water partition coefficient (Wildman–Crippen LogP) is 14.4. The van der Waals surface area contributed by atoms with E-state index in [-0.39, 0.29) is 38.4 Å². The van der Waals surface area contributed by atoms with Gasteiger partial charge in [0.2, 0.25) is 0 Å². The molecule has 0 saturated carbocycles. The van der Waals surface area contributed by atoms with Gasteiger partial charge in [0, 0.05) is 45.2 Å². The summed E-state index contributed by atoms with van der Waals surface area (Å²) in [4.78, 5) is 26.7. The molecule has 2 unspecified atom stereocenters. The van der Waals surface area contributed by atoms with Crippen LogP contribution in [0, 0.1) is 13.8 Å². The number of benzene rings is 7. The molecule has 7 rings (SSSR count). The Balaban J connectivity index is 1.16. The molecule has 0 N–H and O–H groups in total. The summed E-state index contributed by atoms with van der Waals surface area (Å²) >= 11 is 0. The lowest BCUT2D eigenvalue weighted by molar-refractivity contribution is -0.153. The third-order valence-corrected chi connectivity index (χ3v) is 12.1. The lowest BCUT2D eigenvalue weighted by atomic mass is 9.97. The maximum Gasteiger partial charge on any atom is 0.306 e. The molecule has 8 nitrogen and oxygen atoms in total. The molecular formula is C58H66O8. The van der Waals surface area contributed by atoms with E-state index in [0.717, 1.165) is 130 Å². The molecule has 0 bridgehead atoms. The van der Waals surface area contributed by atoms with E-state index in [1.807, 2.05) is 60.7 Å². The molecule has 346 valence electrons. The van der Waals surface area contributed by atoms with Crippen molar-refractivity contribution in [2.24, 2.45) is 0 Å². The minimum Gasteiger partial charge on any atom is -0.489 e. The Labute approximate surface area is 390 Å². The number of hydrogen-bond acceptors (Lipinski definition) is 8. The predicted molar refractivity (Wildman–Crippen MR) is 267 cm³/mol. The second-order valence-corrected chi connectivity index (χ2v) is 17.5. The number of carbonyl (C=O) groups excluding carboxylic acids is 2. The van der Waals surface area contributed by atoms with Crippen LogP contribution in [0.15, 0.2) is 121 Å². The Morgan fingerprint density at radius 2 is 0.803 bits per heavy atom. The van der Waals surface area contributed by atoms with Gasteiger partial charge in [-0.25, -0.2) is 0 Å². The molecule has 0 amide bonds. The largest absolute Gasteiger partial charge is 0.489 e. The van der Waals surface area contributed by atoms with Crippen molar-refractivity contribution >= 4 is 55.0 Å². The third-order valence-electron chi connectivity index (χ3n) is 12.1. The lowest BCUT2D eigenvalue weighted by Gasteiger charge is -2.24. The van der Waals surface area contributed by atoms with Crippen LogP contribution >= 0.6 is 0 Å². The van der Waals surface area contributed by atoms with Crippen molar-refractivity contribution in [1.29, 1.82) is 0 Å². The lowest BCUT2D eigenvalue weighted by Crippen LogP contribution is -2.31. The number of unbranched alkanes of at least 4 members (excludes halogenated alkanes) is 8. The van der Waals surface area contributed by atoms with E-state index in [0.29, 0.717) is 24.3 Å². The molecule has 0 aromatic heterocycles. The summed E-state index contributed by atoms with van der Waals surface area (Å²) in [5, 5.41) is 7.50. The van der Waals surface area contributed by atoms with Gasteiger partial charge in [-0.3, -0.25) is 9.59 Å². The van der Waals surface area contributed by atoms with Gasteiger partial charge in [0.05, 0.1) is 0 Å². The summed E-state index contributed by atoms with van der Waals surface area (Å²) in [6, 6.07) is 40.5. The van der Waals surface area contributed by atoms with Crippen LogP contribution in [-0.4, -0.2) is 50.6 Å². The zero-order valence-electron chi connectivity index (χ0n) is 39.3. The van der Waals surface area contributed by atoms with Gasteiger partial charge in [-0.05, 0) is 61.7 Å². The maximum atomic E-state index is 13.4. The topological polar surface area (TPSA) is 89.5 Å². The number of aryl methyl sites for hydroxylation is 2. The molecule has 7 aromatic carbocycles. The molecule has 0 aliphatic carbocycles. The first-order valence-corrected chi connectivity index (χ1v) is 24.1. The first-order valence-electron chi connectivity index (χ1n) is 24.1. The maximum absolute atomic E-state index is 13.4. The minimum absolute atomic E-state index is 0.0700. The van der Waals surface area contributed by atoms with Gasteiger partial charge < -0.3 is 28.4 Å². The van der Waals surface area contributed by atoms with Gasteiger partial charge in [-0.1, -0.05) is 173 Å². The molecule has 0 aliphatic heterocycles. The average molecular weight is 891 g/mol. The number of fused-ring (bicyclic) bond motifs is 4. The molecule has 0 spiro atoms. The fourth-order valence-corrected chi connectivity index (χ4v) is 8.52. The summed E-state index contributed by atoms with van der Waals surface area (Å²) in [6.07, 6.45) is 9.63. The highest BCUT2D eigenvalue weighted by Crippen LogP contribution is 2.44. The molecule has 0 aliphatic rings. The van der Waals surface area contributed by atoms with E-state index in [4.69, 9.17) is 28.4 Å². The molecule has 7 aromatic rings. The quantitative estimate of drug-likeness (QED) is 0.0302. The summed E-state index contributed by atoms with van der Waals surface area (Å²) in [6.45, 7) is 8.84. The van der Waals surface area contributed by atoms with E-state index in [1.54, 1.807) is 0 Å². The summed E-state index contributed by atoms with van der Waals surface area (Å²) in [5.74, 6) is 2.23. The van der Waals surface area contributed by atoms with Crippen LogP contribution < -0.4 is 18.9 Å². The van der Waals surface area contributed by atoms with Crippen LogP contribution in [0.25, 0.3) is 43.1 Å². The van der Waals surface area contributed by atoms with E-state index in [1.165, 1.54) is 0 Å². The third kappa shape index (κ3) is 13.0. The van der Waals surface area contributed by atoms with Crippen molar-refractivity contribution in [2.45, 2.75) is 117 Å². The van der Waals surface area contributed by atoms with E-state index >= 15 is 0 Å². The second kappa shape index (κ2) is 24.3. The number of rotatable bonds is 26. The Bertz CT molecular complexity index is 2490. The van der Waals surface area contributed by atoms with Crippen LogP contribution in [0.2, 0.25) is 0 Å². The molecule has 2 atom stereocenters. The van der Waals surface area contributed by atoms with Crippen LogP contribution in [-0.2, 0) is 19.1 Å². The smallest absolute Gasteiger partial charge is 0.306 e. The van der Waals surface area contributed by atoms with Crippen LogP contribution in [0.4, 0.5) is 0 Å². The fourth-order valence-electron chi connectivity index (χ4n) is 8.52. The zero-order valence-corrected chi connectivity index (χ0v) is 39.3. The van der Waals surface area contributed by atoms with Crippen molar-refractivity contribution in [3.05, 3.63) is 132 Å². The average Bonchev–Trinajstić information content (AvgIpc) is 3.33. The van der Waals surface area contributed by atoms with Crippen molar-refractivity contribution < 1.29 is 38.0 Å². The summed E-state index contributed by atoms with van der Waals surface area (Å²) < 4.78 is 38.8. The number of esters is 2. The second-order valence-electron chi connectivity index (χ2n) is 17.5. The Hall–Kier alpha value is -6.28. The van der Waals surface area contributed by atoms with Gasteiger partial charge in [0.1, 0.15) is 49.4 Å². The summed E-state index contributed by atoms with van der Waals surface area (Å²) in [5.41, 5.74) is 2.09. The SMILES string of the molecule is CCCCCCCC(=O)OC(COc1cccc2ccccc12)COc1c2ccc(C)cc2c(OCC(COc2cccc3ccccc23)OC(=O)CCCCCCC)c2ccc(C)cc12. The highest BCUT2D eigenvalue weighted by Gasteiger charge is 2.24. The Morgan fingerprint density at radius 1 is 0.409 bits per heavy atom. The first kappa shape index (κ1) is 47.7. The monoisotopic (exact) mass is 890 g/mol. The van der Waals surface area contributed by atoms with Crippen LogP contribution in [0.1, 0.15) is 102 Å². The number of hydrogen-bond donors (Lipinski definition) is 0. The first-order chi connectivity index (χ1) is 32.3. The standard InChI is InChI=1S/C58H66O8/c1-5-7-9-11-13-29-55(59)65-45(37-61-53-27-19-23-43-21-15-17-25-47(43)53)39-63-57-49-33-31-42(4)36-52(49)58(50-34-32-41(3)35-51(50)57)64-40-46(66-56(60)30-14-12-10-8-6-2)38-62-54-28-20-24-44-22-16-18-26-48(44)54/h15-28,31-36,45-46H,5-14,29-30,37-40H2,1-4H3. The molecule has 0 fully saturated rings. The zero-order chi connectivity index (χ0) is 46.1. The Morgan fingerprint density at radius 3 is 1.24 bits per heavy atom. The fraction of sp³-hybridized carbons (Fsp3) is 0.379. The van der Waals surface area contributed by atoms with Gasteiger partial charge in [0.25, 0.3) is 0 Å². The van der Waals surface area contributed by atoms with Crippen molar-refractivity contribution in [2.75, 3.05) is 26.4 Å². The van der Waals surface area contributed by atoms with Gasteiger partial charge in [-0.15, -0.1) is 0 Å². The van der Waals surface area contributed by atoms with E-state index in [9.17, 15) is 9.59 Å². The van der Waals surface area contributed by atoms with E-state index < -0.39 is 12.2 Å². The normalized spacial score (nSPS) is 12.3. The van der Waals surface area contributed by atoms with E-state index in [2.05, 4.69) is 88.4 Å². The van der Waals surface area contributed by atoms with Crippen LogP contribution in [0.5, 0.6) is 23.0 Å². The van der Waals surface area contributed by atoms with Gasteiger partial charge >= 0.3 is 11.9 Å². The molecule has 8 heteroatoms. The van der Waals surface area contributed by atoms with Gasteiger partial charge in [-0.2, -0.15) is 0 Å². The molecular weight excluding hydrogens is 825 g/mol.